The molecular formula is C51H33N3O. The zero-order valence-corrected chi connectivity index (χ0v) is 29.8. The first-order valence-electron chi connectivity index (χ1n) is 18.4. The highest BCUT2D eigenvalue weighted by Gasteiger charge is 2.22. The summed E-state index contributed by atoms with van der Waals surface area (Å²) in [4.78, 5) is 14.8. The van der Waals surface area contributed by atoms with Crippen LogP contribution in [0, 0.1) is 0 Å². The Kier molecular flexibility index (Phi) is 8.12. The minimum Gasteiger partial charge on any atom is -0.456 e. The highest BCUT2D eigenvalue weighted by molar-refractivity contribution is 5.98. The van der Waals surface area contributed by atoms with Crippen molar-refractivity contribution in [1.29, 1.82) is 0 Å². The predicted molar refractivity (Wildman–Crippen MR) is 223 cm³/mol. The topological polar surface area (TPSA) is 47.9 Å². The molecule has 4 heteroatoms. The Morgan fingerprint density at radius 3 is 1.36 bits per heavy atom. The van der Waals surface area contributed by atoms with Gasteiger partial charge in [-0.05, 0) is 74.8 Å². The van der Waals surface area contributed by atoms with Crippen LogP contribution in [0.1, 0.15) is 0 Å². The highest BCUT2D eigenvalue weighted by atomic mass is 16.5. The lowest BCUT2D eigenvalue weighted by Gasteiger charge is -2.18. The number of fused-ring (bicyclic) bond motifs is 9. The largest absolute Gasteiger partial charge is 0.456 e. The third-order valence-corrected chi connectivity index (χ3v) is 10.3. The summed E-state index contributed by atoms with van der Waals surface area (Å²) >= 11 is 0. The van der Waals surface area contributed by atoms with E-state index in [1.807, 2.05) is 42.6 Å². The van der Waals surface area contributed by atoms with Gasteiger partial charge in [0.15, 0.2) is 5.82 Å². The van der Waals surface area contributed by atoms with Gasteiger partial charge in [-0.25, -0.2) is 9.97 Å². The smallest absolute Gasteiger partial charge is 0.160 e. The van der Waals surface area contributed by atoms with E-state index < -0.39 is 0 Å². The number of benzene rings is 7. The van der Waals surface area contributed by atoms with Crippen LogP contribution in [0.2, 0.25) is 0 Å². The van der Waals surface area contributed by atoms with E-state index in [9.17, 15) is 0 Å². The summed E-state index contributed by atoms with van der Waals surface area (Å²) in [6, 6.07) is 65.4. The fourth-order valence-electron chi connectivity index (χ4n) is 7.57. The van der Waals surface area contributed by atoms with E-state index in [0.29, 0.717) is 5.82 Å². The van der Waals surface area contributed by atoms with Crippen LogP contribution in [-0.2, 0) is 0 Å². The lowest BCUT2D eigenvalue weighted by molar-refractivity contribution is 0.486. The molecular weight excluding hydrogens is 671 g/mol. The first-order chi connectivity index (χ1) is 27.3. The summed E-state index contributed by atoms with van der Waals surface area (Å²) < 4.78 is 6.89. The highest BCUT2D eigenvalue weighted by Crippen LogP contribution is 2.48. The lowest BCUT2D eigenvalue weighted by Crippen LogP contribution is -1.97. The van der Waals surface area contributed by atoms with Gasteiger partial charge in [0.1, 0.15) is 11.5 Å². The summed E-state index contributed by atoms with van der Waals surface area (Å²) in [7, 11) is 0. The normalized spacial score (nSPS) is 11.4. The fourth-order valence-corrected chi connectivity index (χ4v) is 7.57. The van der Waals surface area contributed by atoms with Crippen molar-refractivity contribution in [3.63, 3.8) is 0 Å². The lowest BCUT2D eigenvalue weighted by atomic mass is 9.86. The van der Waals surface area contributed by atoms with E-state index in [0.717, 1.165) is 95.2 Å². The quantitative estimate of drug-likeness (QED) is 0.183. The molecule has 0 bridgehead atoms. The zero-order valence-electron chi connectivity index (χ0n) is 29.8. The fraction of sp³-hybridized carbons (Fsp3) is 0. The Labute approximate surface area is 320 Å². The summed E-state index contributed by atoms with van der Waals surface area (Å²) in [5.41, 5.74) is 15.5. The minimum atomic E-state index is 0.646. The summed E-state index contributed by atoms with van der Waals surface area (Å²) in [5, 5.41) is 0. The maximum atomic E-state index is 6.89. The van der Waals surface area contributed by atoms with Gasteiger partial charge in [0, 0.05) is 40.2 Å². The molecule has 55 heavy (non-hydrogen) atoms. The van der Waals surface area contributed by atoms with Gasteiger partial charge in [0.05, 0.1) is 11.4 Å². The van der Waals surface area contributed by atoms with E-state index in [-0.39, 0.29) is 0 Å². The third-order valence-electron chi connectivity index (χ3n) is 10.3. The average molecular weight is 704 g/mol. The molecule has 0 radical (unpaired) electrons. The van der Waals surface area contributed by atoms with Crippen LogP contribution in [0.3, 0.4) is 0 Å². The molecule has 0 aliphatic carbocycles. The molecule has 9 aromatic rings. The Morgan fingerprint density at radius 2 is 0.764 bits per heavy atom. The molecule has 258 valence electrons. The number of ether oxygens (including phenoxy) is 1. The van der Waals surface area contributed by atoms with E-state index in [2.05, 4.69) is 157 Å². The molecule has 10 rings (SSSR count). The number of nitrogens with zero attached hydrogens (tertiary/aromatic N) is 3. The van der Waals surface area contributed by atoms with Crippen molar-refractivity contribution >= 4 is 0 Å². The third kappa shape index (κ3) is 6.06. The molecule has 0 saturated heterocycles. The average Bonchev–Trinajstić information content (AvgIpc) is 3.28. The number of rotatable bonds is 4. The molecule has 0 atom stereocenters. The standard InChI is InChI=1S/C51H33N3O/c1-2-13-35(14-3-1)47-32-48(36-26-24-34(25-27-36)38-15-12-30-52-33-38)54-51(53-47)37-28-29-43-41-18-5-4-16-39(41)40-17-6-7-19-42(40)44-20-8-10-22-49(44)55-50-23-11-9-21-45(50)46(43)31-37/h1-33H. The maximum Gasteiger partial charge on any atom is 0.160 e. The van der Waals surface area contributed by atoms with E-state index >= 15 is 0 Å². The molecule has 0 fully saturated rings. The van der Waals surface area contributed by atoms with Crippen molar-refractivity contribution in [3.8, 4) is 101 Å². The molecule has 1 aliphatic heterocycles. The van der Waals surface area contributed by atoms with E-state index in [1.165, 1.54) is 0 Å². The van der Waals surface area contributed by atoms with Crippen molar-refractivity contribution in [2.45, 2.75) is 0 Å². The SMILES string of the molecule is c1ccc(-c2cc(-c3ccc(-c4cccnc4)cc3)nc(-c3ccc4c(c3)-c3ccccc3Oc3ccccc3-c3ccccc3-c3ccccc3-4)n2)cc1. The minimum absolute atomic E-state index is 0.646. The molecule has 4 nitrogen and oxygen atoms in total. The Bertz CT molecular complexity index is 2830. The van der Waals surface area contributed by atoms with E-state index in [1.54, 1.807) is 6.20 Å². The Balaban J connectivity index is 1.19. The number of pyridine rings is 1. The van der Waals surface area contributed by atoms with Gasteiger partial charge < -0.3 is 4.74 Å². The summed E-state index contributed by atoms with van der Waals surface area (Å²) in [6.45, 7) is 0. The van der Waals surface area contributed by atoms with Gasteiger partial charge in [-0.2, -0.15) is 0 Å². The van der Waals surface area contributed by atoms with Crippen LogP contribution in [0.15, 0.2) is 200 Å². The van der Waals surface area contributed by atoms with Crippen LogP contribution < -0.4 is 4.74 Å². The number of hydrogen-bond donors (Lipinski definition) is 0. The number of para-hydroxylation sites is 2. The molecule has 1 aliphatic rings. The first kappa shape index (κ1) is 32.2. The van der Waals surface area contributed by atoms with Crippen molar-refractivity contribution in [3.05, 3.63) is 200 Å². The molecule has 0 spiro atoms. The van der Waals surface area contributed by atoms with Crippen molar-refractivity contribution in [2.24, 2.45) is 0 Å². The maximum absolute atomic E-state index is 6.89. The molecule has 0 amide bonds. The van der Waals surface area contributed by atoms with Gasteiger partial charge in [-0.1, -0.05) is 158 Å². The molecule has 2 aromatic heterocycles. The van der Waals surface area contributed by atoms with Crippen LogP contribution in [0.5, 0.6) is 11.5 Å². The van der Waals surface area contributed by atoms with Crippen molar-refractivity contribution in [2.75, 3.05) is 0 Å². The molecule has 3 heterocycles. The zero-order chi connectivity index (χ0) is 36.6. The Morgan fingerprint density at radius 1 is 0.309 bits per heavy atom. The molecule has 7 aromatic carbocycles. The van der Waals surface area contributed by atoms with Crippen molar-refractivity contribution in [1.82, 2.24) is 15.0 Å². The van der Waals surface area contributed by atoms with Gasteiger partial charge >= 0.3 is 0 Å². The summed E-state index contributed by atoms with van der Waals surface area (Å²) in [5.74, 6) is 2.23. The molecule has 0 unspecified atom stereocenters. The van der Waals surface area contributed by atoms with Gasteiger partial charge in [-0.15, -0.1) is 0 Å². The predicted octanol–water partition coefficient (Wildman–Crippen LogP) is 13.3. The summed E-state index contributed by atoms with van der Waals surface area (Å²) in [6.07, 6.45) is 3.68. The van der Waals surface area contributed by atoms with Crippen LogP contribution in [-0.4, -0.2) is 15.0 Å². The van der Waals surface area contributed by atoms with Crippen molar-refractivity contribution < 1.29 is 4.74 Å². The Hall–Kier alpha value is -7.43. The molecule has 0 saturated carbocycles. The second kappa shape index (κ2) is 13.8. The van der Waals surface area contributed by atoms with Crippen LogP contribution >= 0.6 is 0 Å². The van der Waals surface area contributed by atoms with Gasteiger partial charge in [0.25, 0.3) is 0 Å². The van der Waals surface area contributed by atoms with E-state index in [4.69, 9.17) is 14.7 Å². The second-order valence-corrected chi connectivity index (χ2v) is 13.6. The van der Waals surface area contributed by atoms with Gasteiger partial charge in [-0.3, -0.25) is 4.98 Å². The van der Waals surface area contributed by atoms with Crippen LogP contribution in [0.4, 0.5) is 0 Å². The first-order valence-corrected chi connectivity index (χ1v) is 18.4. The number of aromatic nitrogens is 3. The molecule has 0 N–H and O–H groups in total. The number of hydrogen-bond acceptors (Lipinski definition) is 4. The monoisotopic (exact) mass is 703 g/mol. The van der Waals surface area contributed by atoms with Gasteiger partial charge in [0.2, 0.25) is 0 Å². The second-order valence-electron chi connectivity index (χ2n) is 13.6. The van der Waals surface area contributed by atoms with Crippen LogP contribution in [0.25, 0.3) is 89.5 Å².